The van der Waals surface area contributed by atoms with Crippen molar-refractivity contribution in [3.05, 3.63) is 76.2 Å². The van der Waals surface area contributed by atoms with Gasteiger partial charge in [0.1, 0.15) is 0 Å². The monoisotopic (exact) mass is 820 g/mol. The topological polar surface area (TPSA) is 13.1 Å². The molecule has 1 heterocycles. The van der Waals surface area contributed by atoms with E-state index in [1.54, 1.807) is 0 Å². The third-order valence-electron chi connectivity index (χ3n) is 6.75. The fourth-order valence-corrected chi connectivity index (χ4v) is 6.86. The molecule has 2 bridgehead atoms. The van der Waals surface area contributed by atoms with E-state index in [4.69, 9.17) is 0 Å². The van der Waals surface area contributed by atoms with Gasteiger partial charge in [-0.2, -0.15) is 1.33 Å². The molecule has 2 aromatic carbocycles. The number of aryl methyl sites for hydroxylation is 1. The average molecular weight is 820 g/mol. The van der Waals surface area contributed by atoms with Crippen LogP contribution in [0.25, 0.3) is 11.3 Å². The van der Waals surface area contributed by atoms with Crippen LogP contribution in [-0.4, -0.2) is 16.0 Å². The van der Waals surface area contributed by atoms with Gasteiger partial charge in [-0.1, -0.05) is 0 Å². The van der Waals surface area contributed by atoms with Crippen LogP contribution in [0.5, 0.6) is 0 Å². The summed E-state index contributed by atoms with van der Waals surface area (Å²) in [5.74, 6) is 1.09. The first kappa shape index (κ1) is 23.9. The van der Waals surface area contributed by atoms with Gasteiger partial charge in [-0.05, 0) is 44.4 Å². The van der Waals surface area contributed by atoms with Gasteiger partial charge in [-0.15, -0.1) is 0 Å². The molecule has 0 unspecified atom stereocenters. The summed E-state index contributed by atoms with van der Waals surface area (Å²) in [6, 6.07) is 21.1. The second kappa shape index (κ2) is 10.8. The van der Waals surface area contributed by atoms with Gasteiger partial charge in [0.15, 0.2) is 0 Å². The Kier molecular flexibility index (Phi) is 8.32. The zero-order valence-electron chi connectivity index (χ0n) is 17.8. The summed E-state index contributed by atoms with van der Waals surface area (Å²) in [5, 5.41) is 0. The molecule has 3 aliphatic rings. The Labute approximate surface area is 224 Å². The SMILES string of the molecule is Cn1cc(-c2ccccc2)n(Cc2ccccc2)[c]1=[Pt].IN(I)C12CCC(CC1)CC2. The summed E-state index contributed by atoms with van der Waals surface area (Å²) in [4.78, 5) is 0. The first-order valence-electron chi connectivity index (χ1n) is 10.9. The molecule has 0 saturated heterocycles. The Hall–Kier alpha value is -0.242. The minimum absolute atomic E-state index is 0.593. The van der Waals surface area contributed by atoms with E-state index in [2.05, 4.69) is 149 Å². The largest absolute Gasteiger partial charge is 0.182 e. The summed E-state index contributed by atoms with van der Waals surface area (Å²) in [5.41, 5.74) is 4.42. The van der Waals surface area contributed by atoms with Gasteiger partial charge in [0.25, 0.3) is 0 Å². The fourth-order valence-electron chi connectivity index (χ4n) is 4.82. The molecule has 31 heavy (non-hydrogen) atoms. The number of aromatic nitrogens is 2. The van der Waals surface area contributed by atoms with Crippen LogP contribution in [0.1, 0.15) is 44.1 Å². The summed E-state index contributed by atoms with van der Waals surface area (Å²) in [6.07, 6.45) is 11.0. The van der Waals surface area contributed by atoms with E-state index >= 15 is 0 Å². The molecule has 0 aliphatic heterocycles. The van der Waals surface area contributed by atoms with Crippen LogP contribution in [-0.2, 0) is 32.9 Å². The van der Waals surface area contributed by atoms with Crippen molar-refractivity contribution in [3.63, 3.8) is 0 Å². The maximum atomic E-state index is 2.46. The molecule has 0 radical (unpaired) electrons. The van der Waals surface area contributed by atoms with Gasteiger partial charge < -0.3 is 0 Å². The zero-order chi connectivity index (χ0) is 21.8. The molecular weight excluding hydrogens is 791 g/mol. The Balaban J connectivity index is 0.000000177. The normalized spacial score (nSPS) is 22.3. The predicted molar refractivity (Wildman–Crippen MR) is 141 cm³/mol. The zero-order valence-corrected chi connectivity index (χ0v) is 24.4. The Morgan fingerprint density at radius 2 is 1.48 bits per heavy atom. The number of imidazole rings is 1. The van der Waals surface area contributed by atoms with Gasteiger partial charge >= 0.3 is 130 Å². The summed E-state index contributed by atoms with van der Waals surface area (Å²) in [7, 11) is 2.09. The van der Waals surface area contributed by atoms with E-state index < -0.39 is 0 Å². The van der Waals surface area contributed by atoms with E-state index in [9.17, 15) is 0 Å². The van der Waals surface area contributed by atoms with Crippen molar-refractivity contribution in [2.45, 2.75) is 50.6 Å². The molecule has 3 aromatic rings. The number of hydrogen-bond donors (Lipinski definition) is 0. The number of nitrogens with zero attached hydrogens (tertiary/aromatic N) is 3. The van der Waals surface area contributed by atoms with E-state index in [0.717, 1.165) is 12.5 Å². The second-order valence-electron chi connectivity index (χ2n) is 8.74. The van der Waals surface area contributed by atoms with Crippen LogP contribution in [0.3, 0.4) is 0 Å². The minimum Gasteiger partial charge on any atom is -0.182 e. The first-order valence-corrected chi connectivity index (χ1v) is 14.0. The van der Waals surface area contributed by atoms with Gasteiger partial charge in [0, 0.05) is 51.3 Å². The molecule has 3 nitrogen and oxygen atoms in total. The van der Waals surface area contributed by atoms with Crippen LogP contribution in [0.4, 0.5) is 0 Å². The van der Waals surface area contributed by atoms with Crippen molar-refractivity contribution in [3.8, 4) is 11.3 Å². The average Bonchev–Trinajstić information content (AvgIpc) is 3.10. The Bertz CT molecular complexity index is 1020. The summed E-state index contributed by atoms with van der Waals surface area (Å²) >= 11 is 7.31. The summed E-state index contributed by atoms with van der Waals surface area (Å²) < 4.78 is 8.17. The molecule has 0 amide bonds. The van der Waals surface area contributed by atoms with Crippen molar-refractivity contribution in [2.75, 3.05) is 0 Å². The maximum absolute atomic E-state index is 2.46. The number of halogens is 2. The molecule has 3 saturated carbocycles. The van der Waals surface area contributed by atoms with Crippen LogP contribution >= 0.6 is 45.7 Å². The molecule has 6 heteroatoms. The molecule has 0 N–H and O–H groups in total. The molecule has 3 aliphatic carbocycles. The van der Waals surface area contributed by atoms with Crippen LogP contribution in [0.15, 0.2) is 66.9 Å². The molecule has 1 aromatic heterocycles. The standard InChI is InChI=1S/C17H16N2.C8H13I2N.Pt/c1-18-13-17(16-10-6-3-7-11-16)19(14-18)12-15-8-4-2-5-9-15;9-11(10)8-4-1-7(2-5-8)3-6-8;/h2-11,13H,12H2,1H3;7H,1-6H2;. The molecule has 3 fully saturated rings. The fraction of sp³-hybridized carbons (Fsp3) is 0.400. The van der Waals surface area contributed by atoms with Gasteiger partial charge in [0.05, 0.1) is 0 Å². The maximum Gasteiger partial charge on any atom is 0.0408 e. The van der Waals surface area contributed by atoms with E-state index in [-0.39, 0.29) is 0 Å². The number of rotatable bonds is 4. The van der Waals surface area contributed by atoms with Gasteiger partial charge in [-0.3, -0.25) is 0 Å². The van der Waals surface area contributed by atoms with Gasteiger partial charge in [-0.25, -0.2) is 0 Å². The van der Waals surface area contributed by atoms with Crippen molar-refractivity contribution in [1.82, 2.24) is 10.5 Å². The third-order valence-corrected chi connectivity index (χ3v) is 10.2. The predicted octanol–water partition coefficient (Wildman–Crippen LogP) is 7.33. The van der Waals surface area contributed by atoms with Crippen molar-refractivity contribution in [2.24, 2.45) is 13.0 Å². The van der Waals surface area contributed by atoms with E-state index in [0.29, 0.717) is 5.54 Å². The van der Waals surface area contributed by atoms with Crippen molar-refractivity contribution < 1.29 is 19.4 Å². The van der Waals surface area contributed by atoms with Gasteiger partial charge in [0.2, 0.25) is 0 Å². The van der Waals surface area contributed by atoms with Crippen LogP contribution in [0, 0.1) is 9.72 Å². The smallest absolute Gasteiger partial charge is 0.0408 e. The van der Waals surface area contributed by atoms with Crippen LogP contribution in [0.2, 0.25) is 0 Å². The molecule has 168 valence electrons. The molecule has 6 rings (SSSR count). The Morgan fingerprint density at radius 1 is 0.935 bits per heavy atom. The Morgan fingerprint density at radius 3 is 2.00 bits per heavy atom. The van der Waals surface area contributed by atoms with Crippen molar-refractivity contribution in [1.29, 1.82) is 0 Å². The molecule has 0 atom stereocenters. The summed E-state index contributed by atoms with van der Waals surface area (Å²) in [6.45, 7) is 0.894. The molecular formula is C25H29I2N3Pt. The van der Waals surface area contributed by atoms with Crippen LogP contribution < -0.4 is 0 Å². The van der Waals surface area contributed by atoms with E-state index in [1.165, 1.54) is 59.2 Å². The number of hydrogen-bond acceptors (Lipinski definition) is 1. The van der Waals surface area contributed by atoms with E-state index in [1.807, 2.05) is 0 Å². The number of benzene rings is 2. The number of fused-ring (bicyclic) bond motifs is 3. The first-order chi connectivity index (χ1) is 15.0. The second-order valence-corrected chi connectivity index (χ2v) is 13.5. The quantitative estimate of drug-likeness (QED) is 0.199. The minimum atomic E-state index is 0.593. The van der Waals surface area contributed by atoms with Crippen molar-refractivity contribution >= 4 is 45.7 Å². The molecule has 0 spiro atoms. The third kappa shape index (κ3) is 5.64.